The van der Waals surface area contributed by atoms with Crippen molar-refractivity contribution in [2.24, 2.45) is 4.99 Å². The third-order valence-corrected chi connectivity index (χ3v) is 2.41. The van der Waals surface area contributed by atoms with Crippen LogP contribution in [0.15, 0.2) is 35.5 Å². The summed E-state index contributed by atoms with van der Waals surface area (Å²) in [5, 5.41) is 0. The third-order valence-electron chi connectivity index (χ3n) is 2.41. The number of aryl methyl sites for hydroxylation is 1. The molecule has 0 atom stereocenters. The summed E-state index contributed by atoms with van der Waals surface area (Å²) in [6.07, 6.45) is 4.20. The lowest BCUT2D eigenvalue weighted by molar-refractivity contribution is 0.921. The number of benzene rings is 1. The molecule has 0 aliphatic carbocycles. The minimum atomic E-state index is 0.864. The van der Waals surface area contributed by atoms with Crippen LogP contribution in [0.5, 0.6) is 0 Å². The maximum Gasteiger partial charge on any atom is 0.112 e. The van der Waals surface area contributed by atoms with Gasteiger partial charge in [-0.15, -0.1) is 5.73 Å². The topological polar surface area (TPSA) is 12.4 Å². The largest absolute Gasteiger partial charge is 0.247 e. The van der Waals surface area contributed by atoms with Crippen LogP contribution in [0.25, 0.3) is 5.70 Å². The van der Waals surface area contributed by atoms with Gasteiger partial charge in [-0.25, -0.2) is 4.99 Å². The average molecular weight is 183 g/mol. The molecule has 0 N–H and O–H groups in total. The second kappa shape index (κ2) is 3.65. The van der Waals surface area contributed by atoms with Gasteiger partial charge in [-0.1, -0.05) is 32.1 Å². The predicted molar refractivity (Wildman–Crippen MR) is 60.6 cm³/mol. The summed E-state index contributed by atoms with van der Waals surface area (Å²) in [6.45, 7) is 5.82. The molecular formula is C13H13N. The molecule has 70 valence electrons. The zero-order valence-corrected chi connectivity index (χ0v) is 8.38. The van der Waals surface area contributed by atoms with E-state index in [1.165, 1.54) is 17.5 Å². The van der Waals surface area contributed by atoms with Crippen molar-refractivity contribution in [2.75, 3.05) is 0 Å². The molecule has 0 amide bonds. The average Bonchev–Trinajstić information content (AvgIpc) is 2.60. The monoisotopic (exact) mass is 183 g/mol. The Morgan fingerprint density at radius 3 is 3.00 bits per heavy atom. The van der Waals surface area contributed by atoms with Crippen LogP contribution in [0.3, 0.4) is 0 Å². The fourth-order valence-electron chi connectivity index (χ4n) is 1.72. The van der Waals surface area contributed by atoms with E-state index < -0.39 is 0 Å². The molecule has 1 aliphatic rings. The van der Waals surface area contributed by atoms with Gasteiger partial charge < -0.3 is 0 Å². The SMILES string of the molecule is C=C=C1N=Cc2cc(CCC)ccc21. The molecule has 1 heterocycles. The summed E-state index contributed by atoms with van der Waals surface area (Å²) < 4.78 is 0. The Hall–Kier alpha value is -1.59. The minimum absolute atomic E-state index is 0.864. The summed E-state index contributed by atoms with van der Waals surface area (Å²) in [5.41, 5.74) is 7.43. The number of aliphatic imine (C=N–C) groups is 1. The van der Waals surface area contributed by atoms with E-state index in [4.69, 9.17) is 0 Å². The fraction of sp³-hybridized carbons (Fsp3) is 0.231. The zero-order valence-electron chi connectivity index (χ0n) is 8.38. The molecule has 0 unspecified atom stereocenters. The van der Waals surface area contributed by atoms with Gasteiger partial charge >= 0.3 is 0 Å². The van der Waals surface area contributed by atoms with E-state index in [1.54, 1.807) is 0 Å². The second-order valence-electron chi connectivity index (χ2n) is 3.46. The summed E-state index contributed by atoms with van der Waals surface area (Å²) in [7, 11) is 0. The minimum Gasteiger partial charge on any atom is -0.247 e. The third kappa shape index (κ3) is 1.43. The Labute approximate surface area is 84.5 Å². The molecule has 0 fully saturated rings. The van der Waals surface area contributed by atoms with Crippen molar-refractivity contribution in [2.45, 2.75) is 19.8 Å². The maximum absolute atomic E-state index is 4.24. The van der Waals surface area contributed by atoms with Crippen molar-refractivity contribution in [1.82, 2.24) is 0 Å². The molecular weight excluding hydrogens is 170 g/mol. The fourth-order valence-corrected chi connectivity index (χ4v) is 1.72. The molecule has 0 saturated heterocycles. The van der Waals surface area contributed by atoms with Gasteiger partial charge in [0.15, 0.2) is 0 Å². The van der Waals surface area contributed by atoms with Crippen LogP contribution in [0.1, 0.15) is 30.0 Å². The molecule has 0 radical (unpaired) electrons. The molecule has 2 rings (SSSR count). The highest BCUT2D eigenvalue weighted by Crippen LogP contribution is 2.25. The summed E-state index contributed by atoms with van der Waals surface area (Å²) in [5.74, 6) is 0. The molecule has 1 aromatic rings. The summed E-state index contributed by atoms with van der Waals surface area (Å²) in [6, 6.07) is 6.47. The number of hydrogen-bond donors (Lipinski definition) is 0. The quantitative estimate of drug-likeness (QED) is 0.624. The molecule has 0 bridgehead atoms. The van der Waals surface area contributed by atoms with Gasteiger partial charge in [0.05, 0.1) is 0 Å². The van der Waals surface area contributed by atoms with Crippen LogP contribution in [-0.2, 0) is 6.42 Å². The highest BCUT2D eigenvalue weighted by Gasteiger charge is 2.11. The van der Waals surface area contributed by atoms with Crippen molar-refractivity contribution >= 4 is 11.9 Å². The highest BCUT2D eigenvalue weighted by molar-refractivity contribution is 5.97. The molecule has 14 heavy (non-hydrogen) atoms. The number of hydrogen-bond acceptors (Lipinski definition) is 1. The molecule has 0 spiro atoms. The first-order valence-electron chi connectivity index (χ1n) is 4.92. The molecule has 0 aromatic heterocycles. The summed E-state index contributed by atoms with van der Waals surface area (Å²) >= 11 is 0. The number of nitrogens with zero attached hydrogens (tertiary/aromatic N) is 1. The van der Waals surface area contributed by atoms with Gasteiger partial charge in [0.1, 0.15) is 5.70 Å². The van der Waals surface area contributed by atoms with E-state index in [0.717, 1.165) is 17.7 Å². The van der Waals surface area contributed by atoms with Gasteiger partial charge in [0.2, 0.25) is 0 Å². The van der Waals surface area contributed by atoms with Gasteiger partial charge in [0, 0.05) is 17.3 Å². The van der Waals surface area contributed by atoms with Crippen molar-refractivity contribution in [3.05, 3.63) is 47.2 Å². The Kier molecular flexibility index (Phi) is 2.34. The van der Waals surface area contributed by atoms with Crippen LogP contribution in [0.4, 0.5) is 0 Å². The van der Waals surface area contributed by atoms with E-state index in [9.17, 15) is 0 Å². The van der Waals surface area contributed by atoms with Gasteiger partial charge in [-0.2, -0.15) is 0 Å². The predicted octanol–water partition coefficient (Wildman–Crippen LogP) is 3.20. The number of fused-ring (bicyclic) bond motifs is 1. The molecule has 1 nitrogen and oxygen atoms in total. The molecule has 0 saturated carbocycles. The zero-order chi connectivity index (χ0) is 9.97. The Morgan fingerprint density at radius 1 is 1.43 bits per heavy atom. The van der Waals surface area contributed by atoms with Crippen LogP contribution in [-0.4, -0.2) is 6.21 Å². The van der Waals surface area contributed by atoms with E-state index in [-0.39, 0.29) is 0 Å². The van der Waals surface area contributed by atoms with E-state index in [1.807, 2.05) is 6.21 Å². The highest BCUT2D eigenvalue weighted by atomic mass is 14.8. The normalized spacial score (nSPS) is 12.8. The van der Waals surface area contributed by atoms with Crippen LogP contribution >= 0.6 is 0 Å². The smallest absolute Gasteiger partial charge is 0.112 e. The Morgan fingerprint density at radius 2 is 2.29 bits per heavy atom. The van der Waals surface area contributed by atoms with Crippen LogP contribution in [0.2, 0.25) is 0 Å². The van der Waals surface area contributed by atoms with Gasteiger partial charge in [0.25, 0.3) is 0 Å². The number of rotatable bonds is 2. The molecule has 1 aliphatic heterocycles. The van der Waals surface area contributed by atoms with Crippen LogP contribution in [0, 0.1) is 0 Å². The Balaban J connectivity index is 2.44. The Bertz CT molecular complexity index is 435. The van der Waals surface area contributed by atoms with Gasteiger partial charge in [-0.3, -0.25) is 0 Å². The first-order chi connectivity index (χ1) is 6.85. The standard InChI is InChI=1S/C13H13N/c1-3-5-10-6-7-12-11(8-10)9-14-13(12)4-2/h6-9H,2-3,5H2,1H3. The molecule has 1 heteroatoms. The van der Waals surface area contributed by atoms with Crippen molar-refractivity contribution in [3.8, 4) is 0 Å². The lowest BCUT2D eigenvalue weighted by Gasteiger charge is -2.01. The van der Waals surface area contributed by atoms with Crippen LogP contribution < -0.4 is 0 Å². The summed E-state index contributed by atoms with van der Waals surface area (Å²) in [4.78, 5) is 4.24. The van der Waals surface area contributed by atoms with E-state index >= 15 is 0 Å². The van der Waals surface area contributed by atoms with Crippen molar-refractivity contribution in [3.63, 3.8) is 0 Å². The first-order valence-corrected chi connectivity index (χ1v) is 4.92. The van der Waals surface area contributed by atoms with E-state index in [0.29, 0.717) is 0 Å². The van der Waals surface area contributed by atoms with Crippen molar-refractivity contribution < 1.29 is 0 Å². The van der Waals surface area contributed by atoms with E-state index in [2.05, 4.69) is 42.4 Å². The molecule has 1 aromatic carbocycles. The lowest BCUT2D eigenvalue weighted by Crippen LogP contribution is -1.88. The van der Waals surface area contributed by atoms with Crippen molar-refractivity contribution in [1.29, 1.82) is 0 Å². The second-order valence-corrected chi connectivity index (χ2v) is 3.46. The lowest BCUT2D eigenvalue weighted by atomic mass is 10.0. The first kappa shape index (κ1) is 8.98. The van der Waals surface area contributed by atoms with Gasteiger partial charge in [-0.05, 0) is 18.1 Å². The maximum atomic E-state index is 4.24.